The van der Waals surface area contributed by atoms with E-state index in [2.05, 4.69) is 5.32 Å². The number of fused-ring (bicyclic) bond motifs is 1. The van der Waals surface area contributed by atoms with Gasteiger partial charge < -0.3 is 10.4 Å². The Kier molecular flexibility index (Phi) is 5.27. The number of carbonyl (C=O) groups is 2. The van der Waals surface area contributed by atoms with Crippen LogP contribution >= 0.6 is 23.1 Å². The highest BCUT2D eigenvalue weighted by Gasteiger charge is 2.16. The molecule has 0 saturated carbocycles. The van der Waals surface area contributed by atoms with Gasteiger partial charge in [0.15, 0.2) is 0 Å². The Morgan fingerprint density at radius 3 is 2.89 bits per heavy atom. The molecule has 0 saturated heterocycles. The van der Waals surface area contributed by atoms with Crippen LogP contribution in [-0.4, -0.2) is 35.0 Å². The third-order valence-electron chi connectivity index (χ3n) is 2.98. The highest BCUT2D eigenvalue weighted by Crippen LogP contribution is 2.29. The molecule has 0 atom stereocenters. The molecule has 0 aromatic carbocycles. The molecule has 1 aliphatic carbocycles. The van der Waals surface area contributed by atoms with E-state index in [-0.39, 0.29) is 11.7 Å². The predicted octanol–water partition coefficient (Wildman–Crippen LogP) is 2.17. The van der Waals surface area contributed by atoms with Gasteiger partial charge in [-0.05, 0) is 37.3 Å². The van der Waals surface area contributed by atoms with Gasteiger partial charge in [0.25, 0.3) is 5.91 Å². The van der Waals surface area contributed by atoms with E-state index in [1.807, 2.05) is 6.07 Å². The summed E-state index contributed by atoms with van der Waals surface area (Å²) in [5, 5.41) is 11.3. The second-order valence-electron chi connectivity index (χ2n) is 4.47. The molecule has 6 heteroatoms. The molecule has 0 unspecified atom stereocenters. The van der Waals surface area contributed by atoms with Gasteiger partial charge in [-0.25, -0.2) is 0 Å². The molecule has 1 amide bonds. The number of thioether (sulfide) groups is 1. The molecule has 4 nitrogen and oxygen atoms in total. The van der Waals surface area contributed by atoms with Crippen molar-refractivity contribution in [3.8, 4) is 0 Å². The Labute approximate surface area is 120 Å². The molecule has 1 aliphatic rings. The lowest BCUT2D eigenvalue weighted by Crippen LogP contribution is -2.25. The maximum absolute atomic E-state index is 11.9. The topological polar surface area (TPSA) is 66.4 Å². The quantitative estimate of drug-likeness (QED) is 0.790. The number of carboxylic acid groups (broad SMARTS) is 1. The average Bonchev–Trinajstić information content (AvgIpc) is 2.81. The summed E-state index contributed by atoms with van der Waals surface area (Å²) in [6, 6.07) is 2.01. The molecule has 0 aliphatic heterocycles. The van der Waals surface area contributed by atoms with Crippen molar-refractivity contribution in [3.05, 3.63) is 21.4 Å². The first kappa shape index (κ1) is 14.4. The highest BCUT2D eigenvalue weighted by molar-refractivity contribution is 7.99. The van der Waals surface area contributed by atoms with Crippen molar-refractivity contribution < 1.29 is 14.7 Å². The van der Waals surface area contributed by atoms with E-state index in [9.17, 15) is 9.59 Å². The van der Waals surface area contributed by atoms with Crippen molar-refractivity contribution >= 4 is 35.0 Å². The Hall–Kier alpha value is -1.01. The number of nitrogens with one attached hydrogen (secondary N) is 1. The fraction of sp³-hybridized carbons (Fsp3) is 0.538. The Bertz CT molecular complexity index is 447. The summed E-state index contributed by atoms with van der Waals surface area (Å²) in [4.78, 5) is 24.4. The molecular weight excluding hydrogens is 282 g/mol. The van der Waals surface area contributed by atoms with Gasteiger partial charge in [0.05, 0.1) is 10.6 Å². The maximum Gasteiger partial charge on any atom is 0.313 e. The minimum absolute atomic E-state index is 0.0321. The van der Waals surface area contributed by atoms with Crippen LogP contribution in [0, 0.1) is 0 Å². The highest BCUT2D eigenvalue weighted by atomic mass is 32.2. The minimum Gasteiger partial charge on any atom is -0.481 e. The SMILES string of the molecule is O=C(O)CSCCNC(=O)c1cc2c(s1)CCCC2. The monoisotopic (exact) mass is 299 g/mol. The molecule has 104 valence electrons. The van der Waals surface area contributed by atoms with Crippen LogP contribution in [0.4, 0.5) is 0 Å². The second kappa shape index (κ2) is 6.96. The largest absolute Gasteiger partial charge is 0.481 e. The predicted molar refractivity (Wildman–Crippen MR) is 78.3 cm³/mol. The smallest absolute Gasteiger partial charge is 0.313 e. The van der Waals surface area contributed by atoms with Crippen LogP contribution in [0.25, 0.3) is 0 Å². The number of carboxylic acids is 1. The summed E-state index contributed by atoms with van der Waals surface area (Å²) in [5.41, 5.74) is 1.33. The molecule has 2 rings (SSSR count). The summed E-state index contributed by atoms with van der Waals surface area (Å²) in [5.74, 6) is -0.135. The molecule has 1 aromatic heterocycles. The molecule has 1 aromatic rings. The summed E-state index contributed by atoms with van der Waals surface area (Å²) in [7, 11) is 0. The second-order valence-corrected chi connectivity index (χ2v) is 6.71. The van der Waals surface area contributed by atoms with Crippen LogP contribution in [0.5, 0.6) is 0 Å². The van der Waals surface area contributed by atoms with Crippen molar-refractivity contribution in [3.63, 3.8) is 0 Å². The Morgan fingerprint density at radius 1 is 1.37 bits per heavy atom. The number of rotatable bonds is 6. The van der Waals surface area contributed by atoms with Crippen LogP contribution in [0.3, 0.4) is 0 Å². The zero-order chi connectivity index (χ0) is 13.7. The lowest BCUT2D eigenvalue weighted by atomic mass is 9.99. The number of aryl methyl sites for hydroxylation is 2. The van der Waals surface area contributed by atoms with Crippen molar-refractivity contribution in [1.29, 1.82) is 0 Å². The van der Waals surface area contributed by atoms with E-state index in [4.69, 9.17) is 5.11 Å². The maximum atomic E-state index is 11.9. The molecule has 2 N–H and O–H groups in total. The first-order chi connectivity index (χ1) is 9.16. The standard InChI is InChI=1S/C13H17NO3S2/c15-12(16)8-18-6-5-14-13(17)11-7-9-3-1-2-4-10(9)19-11/h7H,1-6,8H2,(H,14,17)(H,15,16). The molecule has 0 spiro atoms. The van der Waals surface area contributed by atoms with Crippen molar-refractivity contribution in [2.75, 3.05) is 18.1 Å². The molecule has 0 radical (unpaired) electrons. The number of aliphatic carboxylic acids is 1. The fourth-order valence-corrected chi connectivity index (χ4v) is 3.82. The van der Waals surface area contributed by atoms with Gasteiger partial charge in [0, 0.05) is 17.2 Å². The van der Waals surface area contributed by atoms with Crippen LogP contribution < -0.4 is 5.32 Å². The van der Waals surface area contributed by atoms with E-state index in [0.29, 0.717) is 12.3 Å². The summed E-state index contributed by atoms with van der Waals surface area (Å²) in [6.45, 7) is 0.513. The van der Waals surface area contributed by atoms with Gasteiger partial charge in [-0.15, -0.1) is 23.1 Å². The number of thiophene rings is 1. The summed E-state index contributed by atoms with van der Waals surface area (Å²) in [6.07, 6.45) is 4.63. The fourth-order valence-electron chi connectivity index (χ4n) is 2.09. The molecule has 19 heavy (non-hydrogen) atoms. The number of hydrogen-bond acceptors (Lipinski definition) is 4. The number of carbonyl (C=O) groups excluding carboxylic acids is 1. The van der Waals surface area contributed by atoms with E-state index < -0.39 is 5.97 Å². The van der Waals surface area contributed by atoms with Crippen LogP contribution in [-0.2, 0) is 17.6 Å². The Morgan fingerprint density at radius 2 is 2.16 bits per heavy atom. The van der Waals surface area contributed by atoms with Gasteiger partial charge in [0.1, 0.15) is 0 Å². The van der Waals surface area contributed by atoms with Crippen LogP contribution in [0.2, 0.25) is 0 Å². The lowest BCUT2D eigenvalue weighted by molar-refractivity contribution is -0.133. The minimum atomic E-state index is -0.817. The van der Waals surface area contributed by atoms with Gasteiger partial charge >= 0.3 is 5.97 Å². The van der Waals surface area contributed by atoms with Crippen molar-refractivity contribution in [2.24, 2.45) is 0 Å². The van der Waals surface area contributed by atoms with Crippen LogP contribution in [0.1, 0.15) is 33.0 Å². The van der Waals surface area contributed by atoms with E-state index in [1.54, 1.807) is 11.3 Å². The van der Waals surface area contributed by atoms with E-state index >= 15 is 0 Å². The molecule has 0 bridgehead atoms. The third-order valence-corrected chi connectivity index (χ3v) is 5.16. The number of amides is 1. The van der Waals surface area contributed by atoms with Gasteiger partial charge in [0.2, 0.25) is 0 Å². The zero-order valence-electron chi connectivity index (χ0n) is 10.6. The van der Waals surface area contributed by atoms with Gasteiger partial charge in [-0.3, -0.25) is 9.59 Å². The number of hydrogen-bond donors (Lipinski definition) is 2. The first-order valence-electron chi connectivity index (χ1n) is 6.36. The molecule has 1 heterocycles. The Balaban J connectivity index is 1.77. The van der Waals surface area contributed by atoms with Gasteiger partial charge in [-0.1, -0.05) is 0 Å². The normalized spacial score (nSPS) is 13.9. The van der Waals surface area contributed by atoms with Crippen LogP contribution in [0.15, 0.2) is 6.07 Å². The first-order valence-corrected chi connectivity index (χ1v) is 8.33. The van der Waals surface area contributed by atoms with E-state index in [0.717, 1.165) is 17.7 Å². The zero-order valence-corrected chi connectivity index (χ0v) is 12.2. The van der Waals surface area contributed by atoms with E-state index in [1.165, 1.54) is 35.0 Å². The summed E-state index contributed by atoms with van der Waals surface area (Å²) < 4.78 is 0. The average molecular weight is 299 g/mol. The lowest BCUT2D eigenvalue weighted by Gasteiger charge is -2.08. The molecular formula is C13H17NO3S2. The van der Waals surface area contributed by atoms with Gasteiger partial charge in [-0.2, -0.15) is 0 Å². The van der Waals surface area contributed by atoms with Crippen molar-refractivity contribution in [1.82, 2.24) is 5.32 Å². The molecule has 0 fully saturated rings. The summed E-state index contributed by atoms with van der Waals surface area (Å²) >= 11 is 2.91. The third kappa shape index (κ3) is 4.24. The van der Waals surface area contributed by atoms with Crippen molar-refractivity contribution in [2.45, 2.75) is 25.7 Å².